The second-order valence-corrected chi connectivity index (χ2v) is 5.55. The van der Waals surface area contributed by atoms with Crippen molar-refractivity contribution in [3.8, 4) is 11.3 Å². The quantitative estimate of drug-likeness (QED) is 0.825. The highest BCUT2D eigenvalue weighted by Crippen LogP contribution is 2.26. The maximum absolute atomic E-state index is 13.8. The number of halogens is 2. The van der Waals surface area contributed by atoms with Gasteiger partial charge in [0.15, 0.2) is 11.7 Å². The van der Waals surface area contributed by atoms with Gasteiger partial charge in [-0.3, -0.25) is 0 Å². The van der Waals surface area contributed by atoms with Crippen molar-refractivity contribution in [2.45, 2.75) is 27.2 Å². The molecule has 5 heteroatoms. The molecule has 0 saturated carbocycles. The van der Waals surface area contributed by atoms with Crippen LogP contribution in [0.1, 0.15) is 25.3 Å². The van der Waals surface area contributed by atoms with Crippen LogP contribution in [0.4, 0.5) is 8.78 Å². The van der Waals surface area contributed by atoms with Crippen LogP contribution >= 0.6 is 0 Å². The third-order valence-electron chi connectivity index (χ3n) is 3.14. The molecule has 3 nitrogen and oxygen atoms in total. The van der Waals surface area contributed by atoms with E-state index in [0.717, 1.165) is 19.2 Å². The summed E-state index contributed by atoms with van der Waals surface area (Å²) in [7, 11) is 0. The molecule has 0 bridgehead atoms. The van der Waals surface area contributed by atoms with Crippen molar-refractivity contribution < 1.29 is 13.2 Å². The maximum Gasteiger partial charge on any atom is 0.196 e. The SMILES string of the molecule is Cc1cc(-c2cnc(CCNCC(C)C)o2)c(F)cc1F. The van der Waals surface area contributed by atoms with Gasteiger partial charge in [0.25, 0.3) is 0 Å². The highest BCUT2D eigenvalue weighted by atomic mass is 19.1. The smallest absolute Gasteiger partial charge is 0.196 e. The first-order valence-electron chi connectivity index (χ1n) is 7.09. The van der Waals surface area contributed by atoms with Crippen LogP contribution in [0.15, 0.2) is 22.7 Å². The normalized spacial score (nSPS) is 11.3. The molecule has 1 heterocycles. The van der Waals surface area contributed by atoms with E-state index < -0.39 is 11.6 Å². The van der Waals surface area contributed by atoms with E-state index in [1.54, 1.807) is 6.92 Å². The Kier molecular flexibility index (Phi) is 5.07. The van der Waals surface area contributed by atoms with E-state index in [1.807, 2.05) is 0 Å². The fraction of sp³-hybridized carbons (Fsp3) is 0.438. The zero-order chi connectivity index (χ0) is 15.4. The van der Waals surface area contributed by atoms with E-state index in [-0.39, 0.29) is 5.56 Å². The van der Waals surface area contributed by atoms with Gasteiger partial charge < -0.3 is 9.73 Å². The van der Waals surface area contributed by atoms with E-state index in [1.165, 1.54) is 12.3 Å². The zero-order valence-electron chi connectivity index (χ0n) is 12.5. The molecule has 0 amide bonds. The van der Waals surface area contributed by atoms with Crippen LogP contribution in [-0.2, 0) is 6.42 Å². The van der Waals surface area contributed by atoms with E-state index in [4.69, 9.17) is 4.42 Å². The van der Waals surface area contributed by atoms with E-state index in [9.17, 15) is 8.78 Å². The number of benzene rings is 1. The molecule has 0 fully saturated rings. The first-order valence-corrected chi connectivity index (χ1v) is 7.09. The van der Waals surface area contributed by atoms with Crippen molar-refractivity contribution in [1.29, 1.82) is 0 Å². The summed E-state index contributed by atoms with van der Waals surface area (Å²) in [4.78, 5) is 4.14. The number of aromatic nitrogens is 1. The predicted octanol–water partition coefficient (Wildman–Crippen LogP) is 3.72. The molecule has 0 aliphatic heterocycles. The number of nitrogens with zero attached hydrogens (tertiary/aromatic N) is 1. The molecule has 2 rings (SSSR count). The lowest BCUT2D eigenvalue weighted by Gasteiger charge is -2.05. The highest BCUT2D eigenvalue weighted by molar-refractivity contribution is 5.58. The van der Waals surface area contributed by atoms with Gasteiger partial charge in [-0.2, -0.15) is 0 Å². The van der Waals surface area contributed by atoms with E-state index in [2.05, 4.69) is 24.1 Å². The Bertz CT molecular complexity index is 608. The fourth-order valence-electron chi connectivity index (χ4n) is 1.98. The minimum atomic E-state index is -0.640. The largest absolute Gasteiger partial charge is 0.441 e. The van der Waals surface area contributed by atoms with Gasteiger partial charge in [-0.05, 0) is 31.0 Å². The summed E-state index contributed by atoms with van der Waals surface area (Å²) in [5, 5.41) is 3.29. The Balaban J connectivity index is 2.04. The van der Waals surface area contributed by atoms with E-state index in [0.29, 0.717) is 29.6 Å². The maximum atomic E-state index is 13.8. The van der Waals surface area contributed by atoms with Gasteiger partial charge in [0.2, 0.25) is 0 Å². The molecule has 0 atom stereocenters. The first-order chi connectivity index (χ1) is 9.97. The average molecular weight is 294 g/mol. The van der Waals surface area contributed by atoms with Crippen LogP contribution < -0.4 is 5.32 Å². The zero-order valence-corrected chi connectivity index (χ0v) is 12.5. The van der Waals surface area contributed by atoms with Gasteiger partial charge in [0, 0.05) is 19.0 Å². The van der Waals surface area contributed by atoms with Crippen molar-refractivity contribution in [2.75, 3.05) is 13.1 Å². The molecular formula is C16H20F2N2O. The molecule has 21 heavy (non-hydrogen) atoms. The number of hydrogen-bond acceptors (Lipinski definition) is 3. The van der Waals surface area contributed by atoms with Crippen molar-refractivity contribution in [3.63, 3.8) is 0 Å². The molecule has 1 aromatic carbocycles. The predicted molar refractivity (Wildman–Crippen MR) is 78.0 cm³/mol. The van der Waals surface area contributed by atoms with Gasteiger partial charge in [-0.15, -0.1) is 0 Å². The number of hydrogen-bond donors (Lipinski definition) is 1. The molecule has 0 spiro atoms. The van der Waals surface area contributed by atoms with Gasteiger partial charge in [0.1, 0.15) is 11.6 Å². The van der Waals surface area contributed by atoms with E-state index >= 15 is 0 Å². The van der Waals surface area contributed by atoms with Crippen molar-refractivity contribution in [1.82, 2.24) is 10.3 Å². The Labute approximate surface area is 123 Å². The van der Waals surface area contributed by atoms with Crippen LogP contribution in [0.25, 0.3) is 11.3 Å². The van der Waals surface area contributed by atoms with Crippen molar-refractivity contribution in [2.24, 2.45) is 5.92 Å². The Morgan fingerprint density at radius 3 is 2.71 bits per heavy atom. The molecular weight excluding hydrogens is 274 g/mol. The molecule has 0 radical (unpaired) electrons. The lowest BCUT2D eigenvalue weighted by Crippen LogP contribution is -2.22. The Hall–Kier alpha value is -1.75. The Morgan fingerprint density at radius 2 is 2.00 bits per heavy atom. The number of oxazole rings is 1. The third kappa shape index (κ3) is 4.11. The summed E-state index contributed by atoms with van der Waals surface area (Å²) in [5.74, 6) is 0.256. The minimum absolute atomic E-state index is 0.239. The number of aryl methyl sites for hydroxylation is 1. The van der Waals surface area contributed by atoms with Gasteiger partial charge >= 0.3 is 0 Å². The molecule has 1 N–H and O–H groups in total. The van der Waals surface area contributed by atoms with Crippen LogP contribution in [0.5, 0.6) is 0 Å². The topological polar surface area (TPSA) is 38.1 Å². The summed E-state index contributed by atoms with van der Waals surface area (Å²) < 4.78 is 32.6. The summed E-state index contributed by atoms with van der Waals surface area (Å²) in [6, 6.07) is 2.31. The lowest BCUT2D eigenvalue weighted by molar-refractivity contribution is 0.480. The average Bonchev–Trinajstić information content (AvgIpc) is 2.87. The second-order valence-electron chi connectivity index (χ2n) is 5.55. The lowest BCUT2D eigenvalue weighted by atomic mass is 10.1. The molecule has 2 aromatic rings. The minimum Gasteiger partial charge on any atom is -0.441 e. The molecule has 0 unspecified atom stereocenters. The number of rotatable bonds is 6. The van der Waals surface area contributed by atoms with Crippen LogP contribution in [0, 0.1) is 24.5 Å². The number of nitrogens with one attached hydrogen (secondary N) is 1. The second kappa shape index (κ2) is 6.80. The van der Waals surface area contributed by atoms with Gasteiger partial charge in [0.05, 0.1) is 11.8 Å². The van der Waals surface area contributed by atoms with Crippen LogP contribution in [0.2, 0.25) is 0 Å². The molecule has 0 saturated heterocycles. The summed E-state index contributed by atoms with van der Waals surface area (Å²) in [5.41, 5.74) is 0.616. The summed E-state index contributed by atoms with van der Waals surface area (Å²) >= 11 is 0. The highest BCUT2D eigenvalue weighted by Gasteiger charge is 2.13. The molecule has 1 aromatic heterocycles. The summed E-state index contributed by atoms with van der Waals surface area (Å²) in [6.07, 6.45) is 2.11. The standard InChI is InChI=1S/C16H20F2N2O/c1-10(2)8-19-5-4-16-20-9-15(21-16)12-6-11(3)13(17)7-14(12)18/h6-7,9-10,19H,4-5,8H2,1-3H3. The monoisotopic (exact) mass is 294 g/mol. The molecule has 114 valence electrons. The third-order valence-corrected chi connectivity index (χ3v) is 3.14. The molecule has 0 aliphatic rings. The van der Waals surface area contributed by atoms with Gasteiger partial charge in [-0.1, -0.05) is 13.8 Å². The Morgan fingerprint density at radius 1 is 1.24 bits per heavy atom. The summed E-state index contributed by atoms with van der Waals surface area (Å²) in [6.45, 7) is 7.54. The van der Waals surface area contributed by atoms with Crippen molar-refractivity contribution in [3.05, 3.63) is 41.4 Å². The van der Waals surface area contributed by atoms with Crippen LogP contribution in [0.3, 0.4) is 0 Å². The van der Waals surface area contributed by atoms with Gasteiger partial charge in [-0.25, -0.2) is 13.8 Å². The fourth-order valence-corrected chi connectivity index (χ4v) is 1.98. The first kappa shape index (κ1) is 15.6. The van der Waals surface area contributed by atoms with Crippen LogP contribution in [-0.4, -0.2) is 18.1 Å². The molecule has 0 aliphatic carbocycles. The van der Waals surface area contributed by atoms with Crippen molar-refractivity contribution >= 4 is 0 Å².